The fourth-order valence-corrected chi connectivity index (χ4v) is 3.14. The lowest BCUT2D eigenvalue weighted by molar-refractivity contribution is -0.116. The number of primary amides is 1. The van der Waals surface area contributed by atoms with Crippen molar-refractivity contribution in [2.45, 2.75) is 19.9 Å². The van der Waals surface area contributed by atoms with Crippen LogP contribution in [0.5, 0.6) is 0 Å². The monoisotopic (exact) mass is 380 g/mol. The number of carbonyl (C=O) groups excluding carboxylic acids is 2. The zero-order valence-electron chi connectivity index (χ0n) is 15.0. The van der Waals surface area contributed by atoms with E-state index in [1.807, 2.05) is 36.6 Å². The molecule has 0 aliphatic carbocycles. The molecule has 3 aromatic rings. The van der Waals surface area contributed by atoms with E-state index in [0.29, 0.717) is 11.3 Å². The van der Waals surface area contributed by atoms with E-state index in [0.717, 1.165) is 22.0 Å². The molecule has 4 N–H and O–H groups in total. The molecule has 0 aliphatic rings. The van der Waals surface area contributed by atoms with Gasteiger partial charge in [0.25, 0.3) is 0 Å². The van der Waals surface area contributed by atoms with Gasteiger partial charge in [-0.15, -0.1) is 11.3 Å². The fraction of sp³-hybridized carbons (Fsp3) is 0.150. The molecule has 6 nitrogen and oxygen atoms in total. The van der Waals surface area contributed by atoms with Crippen molar-refractivity contribution in [3.05, 3.63) is 64.5 Å². The topological polar surface area (TPSA) is 97.1 Å². The summed E-state index contributed by atoms with van der Waals surface area (Å²) in [5, 5.41) is 9.03. The zero-order valence-corrected chi connectivity index (χ0v) is 15.8. The second-order valence-electron chi connectivity index (χ2n) is 6.13. The largest absolute Gasteiger partial charge is 0.374 e. The van der Waals surface area contributed by atoms with E-state index in [9.17, 15) is 9.59 Å². The number of thiazole rings is 1. The highest BCUT2D eigenvalue weighted by Gasteiger charge is 2.13. The first-order valence-corrected chi connectivity index (χ1v) is 9.30. The van der Waals surface area contributed by atoms with Gasteiger partial charge < -0.3 is 16.4 Å². The number of aromatic nitrogens is 1. The molecule has 0 spiro atoms. The zero-order chi connectivity index (χ0) is 19.4. The summed E-state index contributed by atoms with van der Waals surface area (Å²) in [6.45, 7) is 3.76. The Kier molecular flexibility index (Phi) is 5.52. The number of nitrogens with two attached hydrogens (primary N) is 1. The van der Waals surface area contributed by atoms with Gasteiger partial charge in [0.05, 0.1) is 10.7 Å². The van der Waals surface area contributed by atoms with Crippen molar-refractivity contribution in [2.75, 3.05) is 10.6 Å². The van der Waals surface area contributed by atoms with Crippen LogP contribution in [0.1, 0.15) is 22.3 Å². The number of rotatable bonds is 6. The van der Waals surface area contributed by atoms with Crippen LogP contribution >= 0.6 is 11.3 Å². The molecule has 27 heavy (non-hydrogen) atoms. The maximum atomic E-state index is 12.4. The second kappa shape index (κ2) is 8.01. The molecule has 3 rings (SSSR count). The molecular formula is C20H20N4O2S. The Morgan fingerprint density at radius 3 is 2.22 bits per heavy atom. The highest BCUT2D eigenvalue weighted by atomic mass is 32.1. The highest BCUT2D eigenvalue weighted by molar-refractivity contribution is 7.09. The van der Waals surface area contributed by atoms with Gasteiger partial charge in [-0.05, 0) is 50.2 Å². The lowest BCUT2D eigenvalue weighted by Gasteiger charge is -2.15. The fourth-order valence-electron chi connectivity index (χ4n) is 2.52. The summed E-state index contributed by atoms with van der Waals surface area (Å²) in [7, 11) is 0. The van der Waals surface area contributed by atoms with Crippen LogP contribution in [0.3, 0.4) is 0 Å². The summed E-state index contributed by atoms with van der Waals surface area (Å²) in [5.41, 5.74) is 9.05. The highest BCUT2D eigenvalue weighted by Crippen LogP contribution is 2.23. The van der Waals surface area contributed by atoms with E-state index in [1.165, 1.54) is 0 Å². The number of amides is 2. The summed E-state index contributed by atoms with van der Waals surface area (Å²) in [5.74, 6) is -0.680. The first-order chi connectivity index (χ1) is 12.9. The summed E-state index contributed by atoms with van der Waals surface area (Å²) >= 11 is 1.62. The number of benzene rings is 2. The van der Waals surface area contributed by atoms with Crippen LogP contribution in [0.4, 0.5) is 11.4 Å². The number of hydrogen-bond donors (Lipinski definition) is 3. The van der Waals surface area contributed by atoms with Crippen molar-refractivity contribution in [3.8, 4) is 11.3 Å². The van der Waals surface area contributed by atoms with Crippen LogP contribution in [0.2, 0.25) is 0 Å². The van der Waals surface area contributed by atoms with Crippen molar-refractivity contribution >= 4 is 34.5 Å². The van der Waals surface area contributed by atoms with Crippen molar-refractivity contribution in [2.24, 2.45) is 5.73 Å². The third-order valence-electron chi connectivity index (χ3n) is 4.01. The standard InChI is InChI=1S/C20H20N4O2S/c1-12(20(26)24-17-9-5-15(6-10-17)19(21)25)22-16-7-3-14(4-8-16)18-11-27-13(2)23-18/h3-12,22H,1-2H3,(H2,21,25)(H,24,26). The van der Waals surface area contributed by atoms with Gasteiger partial charge in [-0.2, -0.15) is 0 Å². The van der Waals surface area contributed by atoms with Gasteiger partial charge in [-0.3, -0.25) is 9.59 Å². The molecule has 138 valence electrons. The van der Waals surface area contributed by atoms with Crippen LogP contribution in [0.15, 0.2) is 53.9 Å². The minimum atomic E-state index is -0.501. The first-order valence-electron chi connectivity index (χ1n) is 8.42. The molecule has 1 aromatic heterocycles. The minimum Gasteiger partial charge on any atom is -0.374 e. The first kappa shape index (κ1) is 18.6. The molecule has 1 unspecified atom stereocenters. The molecule has 0 bridgehead atoms. The van der Waals surface area contributed by atoms with Crippen molar-refractivity contribution in [1.29, 1.82) is 0 Å². The number of anilines is 2. The van der Waals surface area contributed by atoms with Gasteiger partial charge in [0.2, 0.25) is 11.8 Å². The van der Waals surface area contributed by atoms with E-state index in [4.69, 9.17) is 5.73 Å². The van der Waals surface area contributed by atoms with Crippen LogP contribution in [0.25, 0.3) is 11.3 Å². The molecule has 1 heterocycles. The molecule has 0 radical (unpaired) electrons. The number of nitrogens with one attached hydrogen (secondary N) is 2. The third kappa shape index (κ3) is 4.71. The lowest BCUT2D eigenvalue weighted by Crippen LogP contribution is -2.31. The van der Waals surface area contributed by atoms with Crippen molar-refractivity contribution in [1.82, 2.24) is 4.98 Å². The molecule has 0 saturated heterocycles. The SMILES string of the molecule is Cc1nc(-c2ccc(NC(C)C(=O)Nc3ccc(C(N)=O)cc3)cc2)cs1. The van der Waals surface area contributed by atoms with Crippen LogP contribution < -0.4 is 16.4 Å². The number of aryl methyl sites for hydroxylation is 1. The average Bonchev–Trinajstić information content (AvgIpc) is 3.09. The molecule has 0 aliphatic heterocycles. The number of hydrogen-bond acceptors (Lipinski definition) is 5. The Hall–Kier alpha value is -3.19. The molecule has 1 atom stereocenters. The molecule has 7 heteroatoms. The van der Waals surface area contributed by atoms with Crippen LogP contribution in [-0.2, 0) is 4.79 Å². The van der Waals surface area contributed by atoms with E-state index < -0.39 is 11.9 Å². The number of carbonyl (C=O) groups is 2. The molecule has 2 amide bonds. The summed E-state index contributed by atoms with van der Waals surface area (Å²) in [6.07, 6.45) is 0. The van der Waals surface area contributed by atoms with E-state index >= 15 is 0 Å². The summed E-state index contributed by atoms with van der Waals surface area (Å²) < 4.78 is 0. The maximum absolute atomic E-state index is 12.4. The summed E-state index contributed by atoms with van der Waals surface area (Å²) in [6, 6.07) is 13.8. The van der Waals surface area contributed by atoms with Gasteiger partial charge in [-0.25, -0.2) is 4.98 Å². The van der Waals surface area contributed by atoms with E-state index in [1.54, 1.807) is 42.5 Å². The summed E-state index contributed by atoms with van der Waals surface area (Å²) in [4.78, 5) is 27.9. The normalized spacial score (nSPS) is 11.6. The van der Waals surface area contributed by atoms with Gasteiger partial charge in [0, 0.05) is 27.9 Å². The smallest absolute Gasteiger partial charge is 0.248 e. The molecule has 0 saturated carbocycles. The van der Waals surface area contributed by atoms with E-state index in [2.05, 4.69) is 15.6 Å². The Morgan fingerprint density at radius 1 is 1.04 bits per heavy atom. The predicted octanol–water partition coefficient (Wildman–Crippen LogP) is 3.66. The molecular weight excluding hydrogens is 360 g/mol. The van der Waals surface area contributed by atoms with Gasteiger partial charge in [0.15, 0.2) is 0 Å². The Morgan fingerprint density at radius 2 is 1.67 bits per heavy atom. The lowest BCUT2D eigenvalue weighted by atomic mass is 10.1. The van der Waals surface area contributed by atoms with E-state index in [-0.39, 0.29) is 5.91 Å². The maximum Gasteiger partial charge on any atom is 0.248 e. The quantitative estimate of drug-likeness (QED) is 0.608. The molecule has 2 aromatic carbocycles. The molecule has 0 fully saturated rings. The average molecular weight is 380 g/mol. The minimum absolute atomic E-state index is 0.180. The van der Waals surface area contributed by atoms with Gasteiger partial charge >= 0.3 is 0 Å². The van der Waals surface area contributed by atoms with Crippen LogP contribution in [-0.4, -0.2) is 22.8 Å². The van der Waals surface area contributed by atoms with Crippen molar-refractivity contribution < 1.29 is 9.59 Å². The van der Waals surface area contributed by atoms with Crippen LogP contribution in [0, 0.1) is 6.92 Å². The van der Waals surface area contributed by atoms with Crippen molar-refractivity contribution in [3.63, 3.8) is 0 Å². The Balaban J connectivity index is 1.59. The Bertz CT molecular complexity index is 949. The second-order valence-corrected chi connectivity index (χ2v) is 7.19. The third-order valence-corrected chi connectivity index (χ3v) is 4.79. The van der Waals surface area contributed by atoms with Gasteiger partial charge in [-0.1, -0.05) is 12.1 Å². The predicted molar refractivity (Wildman–Crippen MR) is 109 cm³/mol. The number of nitrogens with zero attached hydrogens (tertiary/aromatic N) is 1. The van der Waals surface area contributed by atoms with Gasteiger partial charge in [0.1, 0.15) is 6.04 Å². The Labute approximate surface area is 161 Å².